The van der Waals surface area contributed by atoms with Crippen molar-refractivity contribution in [2.24, 2.45) is 4.99 Å². The number of anilines is 1. The van der Waals surface area contributed by atoms with Crippen molar-refractivity contribution in [3.8, 4) is 0 Å². The Hall–Kier alpha value is -1.34. The van der Waals surface area contributed by atoms with Gasteiger partial charge in [-0.05, 0) is 39.7 Å². The van der Waals surface area contributed by atoms with Crippen LogP contribution in [0.5, 0.6) is 0 Å². The van der Waals surface area contributed by atoms with Crippen molar-refractivity contribution in [1.82, 2.24) is 20.5 Å². The van der Waals surface area contributed by atoms with Crippen LogP contribution in [0.15, 0.2) is 10.4 Å². The largest absolute Gasteiger partial charge is 0.357 e. The van der Waals surface area contributed by atoms with Crippen molar-refractivity contribution in [3.63, 3.8) is 0 Å². The van der Waals surface area contributed by atoms with Crippen LogP contribution in [0.25, 0.3) is 0 Å². The Labute approximate surface area is 155 Å². The summed E-state index contributed by atoms with van der Waals surface area (Å²) in [5.41, 5.74) is 1.03. The Bertz CT molecular complexity index is 570. The molecular formula is C18H32N6S. The number of hydrogen-bond acceptors (Lipinski definition) is 5. The average Bonchev–Trinajstić information content (AvgIpc) is 3.03. The maximum atomic E-state index is 4.77. The third-order valence-electron chi connectivity index (χ3n) is 5.35. The minimum atomic E-state index is 0.525. The Morgan fingerprint density at radius 2 is 2.08 bits per heavy atom. The summed E-state index contributed by atoms with van der Waals surface area (Å²) in [4.78, 5) is 14.0. The minimum Gasteiger partial charge on any atom is -0.357 e. The summed E-state index contributed by atoms with van der Waals surface area (Å²) in [6.07, 6.45) is 6.51. The number of aromatic nitrogens is 1. The number of rotatable bonds is 5. The van der Waals surface area contributed by atoms with E-state index in [1.807, 2.05) is 19.0 Å². The highest BCUT2D eigenvalue weighted by atomic mass is 32.1. The van der Waals surface area contributed by atoms with E-state index in [2.05, 4.69) is 39.9 Å². The second-order valence-electron chi connectivity index (χ2n) is 7.43. The SMILES string of the molecule is CCNC(=NCc1csc(N(C)C)n1)NC1CC2CCCC(C1)N2C. The zero-order valence-electron chi connectivity index (χ0n) is 16.0. The molecule has 3 rings (SSSR count). The first-order valence-electron chi connectivity index (χ1n) is 9.45. The summed E-state index contributed by atoms with van der Waals surface area (Å²) in [6, 6.07) is 1.99. The smallest absolute Gasteiger partial charge is 0.191 e. The third kappa shape index (κ3) is 4.64. The molecule has 6 nitrogen and oxygen atoms in total. The maximum absolute atomic E-state index is 4.77. The van der Waals surface area contributed by atoms with Gasteiger partial charge in [0.15, 0.2) is 11.1 Å². The molecule has 1 aromatic rings. The predicted molar refractivity (Wildman–Crippen MR) is 107 cm³/mol. The zero-order valence-corrected chi connectivity index (χ0v) is 16.8. The molecule has 2 saturated heterocycles. The minimum absolute atomic E-state index is 0.525. The Balaban J connectivity index is 1.60. The Morgan fingerprint density at radius 1 is 1.36 bits per heavy atom. The van der Waals surface area contributed by atoms with Crippen LogP contribution in [0.1, 0.15) is 44.7 Å². The first kappa shape index (κ1) is 18.5. The molecule has 2 fully saturated rings. The number of guanidine groups is 1. The van der Waals surface area contributed by atoms with E-state index in [1.165, 1.54) is 32.1 Å². The lowest BCUT2D eigenvalue weighted by atomic mass is 9.82. The lowest BCUT2D eigenvalue weighted by molar-refractivity contribution is 0.0526. The quantitative estimate of drug-likeness (QED) is 0.620. The highest BCUT2D eigenvalue weighted by molar-refractivity contribution is 7.13. The van der Waals surface area contributed by atoms with Crippen molar-refractivity contribution in [2.75, 3.05) is 32.6 Å². The number of aliphatic imine (C=N–C) groups is 1. The van der Waals surface area contributed by atoms with E-state index in [0.29, 0.717) is 12.6 Å². The van der Waals surface area contributed by atoms with Gasteiger partial charge < -0.3 is 20.4 Å². The highest BCUT2D eigenvalue weighted by Crippen LogP contribution is 2.32. The summed E-state index contributed by atoms with van der Waals surface area (Å²) in [6.45, 7) is 3.62. The number of fused-ring (bicyclic) bond motifs is 2. The average molecular weight is 365 g/mol. The van der Waals surface area contributed by atoms with Crippen LogP contribution >= 0.6 is 11.3 Å². The standard InChI is InChI=1S/C18H32N6S/c1-5-19-17(20-11-14-12-25-18(22-14)23(2)3)21-13-9-15-7-6-8-16(10-13)24(15)4/h12-13,15-16H,5-11H2,1-4H3,(H2,19,20,21). The van der Waals surface area contributed by atoms with Crippen LogP contribution in [0.4, 0.5) is 5.13 Å². The molecule has 2 N–H and O–H groups in total. The van der Waals surface area contributed by atoms with Gasteiger partial charge in [0, 0.05) is 44.1 Å². The highest BCUT2D eigenvalue weighted by Gasteiger charge is 2.36. The van der Waals surface area contributed by atoms with Crippen molar-refractivity contribution in [3.05, 3.63) is 11.1 Å². The summed E-state index contributed by atoms with van der Waals surface area (Å²) in [5.74, 6) is 0.925. The lowest BCUT2D eigenvalue weighted by Crippen LogP contribution is -2.56. The fourth-order valence-electron chi connectivity index (χ4n) is 3.98. The molecule has 0 aromatic carbocycles. The predicted octanol–water partition coefficient (Wildman–Crippen LogP) is 2.28. The van der Waals surface area contributed by atoms with Crippen molar-refractivity contribution in [1.29, 1.82) is 0 Å². The molecule has 2 aliphatic rings. The van der Waals surface area contributed by atoms with E-state index in [-0.39, 0.29) is 0 Å². The molecule has 0 aliphatic carbocycles. The normalized spacial score (nSPS) is 27.2. The molecule has 0 spiro atoms. The van der Waals surface area contributed by atoms with Crippen LogP contribution in [0.3, 0.4) is 0 Å². The van der Waals surface area contributed by atoms with E-state index >= 15 is 0 Å². The Kier molecular flexibility index (Phi) is 6.17. The number of nitrogens with zero attached hydrogens (tertiary/aromatic N) is 4. The summed E-state index contributed by atoms with van der Waals surface area (Å²) in [7, 11) is 6.34. The Morgan fingerprint density at radius 3 is 2.68 bits per heavy atom. The molecule has 2 aliphatic heterocycles. The molecule has 140 valence electrons. The molecule has 1 aromatic heterocycles. The van der Waals surface area contributed by atoms with Crippen molar-refractivity contribution < 1.29 is 0 Å². The second-order valence-corrected chi connectivity index (χ2v) is 8.26. The summed E-state index contributed by atoms with van der Waals surface area (Å²) >= 11 is 1.67. The molecule has 2 unspecified atom stereocenters. The zero-order chi connectivity index (χ0) is 17.8. The monoisotopic (exact) mass is 364 g/mol. The summed E-state index contributed by atoms with van der Waals surface area (Å²) < 4.78 is 0. The third-order valence-corrected chi connectivity index (χ3v) is 6.40. The molecule has 2 atom stereocenters. The molecular weight excluding hydrogens is 332 g/mol. The number of nitrogens with one attached hydrogen (secondary N) is 2. The van der Waals surface area contributed by atoms with Gasteiger partial charge >= 0.3 is 0 Å². The van der Waals surface area contributed by atoms with Gasteiger partial charge in [-0.25, -0.2) is 9.98 Å². The number of thiazole rings is 1. The number of hydrogen-bond donors (Lipinski definition) is 2. The van der Waals surface area contributed by atoms with E-state index in [9.17, 15) is 0 Å². The van der Waals surface area contributed by atoms with Gasteiger partial charge in [0.2, 0.25) is 0 Å². The van der Waals surface area contributed by atoms with Gasteiger partial charge in [-0.15, -0.1) is 11.3 Å². The van der Waals surface area contributed by atoms with Crippen molar-refractivity contribution >= 4 is 22.4 Å². The summed E-state index contributed by atoms with van der Waals surface area (Å²) in [5, 5.41) is 10.2. The first-order valence-corrected chi connectivity index (χ1v) is 10.3. The topological polar surface area (TPSA) is 55.8 Å². The molecule has 2 bridgehead atoms. The first-order chi connectivity index (χ1) is 12.1. The van der Waals surface area contributed by atoms with Crippen LogP contribution in [0.2, 0.25) is 0 Å². The maximum Gasteiger partial charge on any atom is 0.191 e. The molecule has 25 heavy (non-hydrogen) atoms. The van der Waals surface area contributed by atoms with Gasteiger partial charge in [0.05, 0.1) is 12.2 Å². The van der Waals surface area contributed by atoms with Crippen molar-refractivity contribution in [2.45, 2.75) is 63.7 Å². The van der Waals surface area contributed by atoms with Gasteiger partial charge in [-0.3, -0.25) is 0 Å². The van der Waals surface area contributed by atoms with Gasteiger partial charge in [-0.1, -0.05) is 6.42 Å². The van der Waals surface area contributed by atoms with Gasteiger partial charge in [0.1, 0.15) is 0 Å². The second kappa shape index (κ2) is 8.36. The van der Waals surface area contributed by atoms with Crippen LogP contribution in [0, 0.1) is 0 Å². The van der Waals surface area contributed by atoms with Crippen LogP contribution in [-0.2, 0) is 6.54 Å². The molecule has 3 heterocycles. The van der Waals surface area contributed by atoms with E-state index in [0.717, 1.165) is 35.4 Å². The lowest BCUT2D eigenvalue weighted by Gasteiger charge is -2.47. The molecule has 7 heteroatoms. The van der Waals surface area contributed by atoms with Crippen LogP contribution in [-0.4, -0.2) is 61.7 Å². The van der Waals surface area contributed by atoms with E-state index < -0.39 is 0 Å². The fraction of sp³-hybridized carbons (Fsp3) is 0.778. The molecule has 0 radical (unpaired) electrons. The number of piperidine rings is 2. The fourth-order valence-corrected chi connectivity index (χ4v) is 4.73. The molecule has 0 saturated carbocycles. The van der Waals surface area contributed by atoms with Crippen LogP contribution < -0.4 is 15.5 Å². The molecule has 0 amide bonds. The van der Waals surface area contributed by atoms with Gasteiger partial charge in [-0.2, -0.15) is 0 Å². The van der Waals surface area contributed by atoms with E-state index in [1.54, 1.807) is 11.3 Å². The van der Waals surface area contributed by atoms with E-state index in [4.69, 9.17) is 4.99 Å². The van der Waals surface area contributed by atoms with Gasteiger partial charge in [0.25, 0.3) is 0 Å².